The number of carbonyl (C=O) groups is 2. The van der Waals surface area contributed by atoms with Gasteiger partial charge >= 0.3 is 0 Å². The Bertz CT molecular complexity index is 677. The molecule has 1 aliphatic rings. The molecule has 1 saturated carbocycles. The molecule has 1 fully saturated rings. The largest absolute Gasteiger partial charge is 0.459 e. The van der Waals surface area contributed by atoms with Crippen LogP contribution in [0.4, 0.5) is 5.69 Å². The van der Waals surface area contributed by atoms with E-state index in [-0.39, 0.29) is 18.2 Å². The Morgan fingerprint density at radius 1 is 1.12 bits per heavy atom. The highest BCUT2D eigenvalue weighted by Gasteiger charge is 2.16. The zero-order valence-electron chi connectivity index (χ0n) is 13.3. The molecular formula is C18H20N2O3S. The summed E-state index contributed by atoms with van der Waals surface area (Å²) >= 11 is 1.91. The van der Waals surface area contributed by atoms with Crippen molar-refractivity contribution in [1.82, 2.24) is 5.32 Å². The molecule has 126 valence electrons. The first-order valence-corrected chi connectivity index (χ1v) is 8.97. The highest BCUT2D eigenvalue weighted by molar-refractivity contribution is 8.00. The van der Waals surface area contributed by atoms with Gasteiger partial charge in [-0.2, -0.15) is 0 Å². The molecule has 2 aromatic rings. The third kappa shape index (κ3) is 4.64. The molecular weight excluding hydrogens is 324 g/mol. The summed E-state index contributed by atoms with van der Waals surface area (Å²) in [7, 11) is 0. The third-order valence-corrected chi connectivity index (χ3v) is 5.25. The summed E-state index contributed by atoms with van der Waals surface area (Å²) < 4.78 is 4.97. The van der Waals surface area contributed by atoms with Crippen LogP contribution in [0.25, 0.3) is 0 Å². The number of anilines is 1. The van der Waals surface area contributed by atoms with Crippen LogP contribution in [0.2, 0.25) is 0 Å². The number of thioether (sulfide) groups is 1. The first-order valence-electron chi connectivity index (χ1n) is 8.09. The zero-order chi connectivity index (χ0) is 16.8. The standard InChI is InChI=1S/C18H20N2O3S/c21-17(12-19-18(22)16-6-3-11-23-16)20-13-7-9-15(10-8-13)24-14-4-1-2-5-14/h3,6-11,14H,1-2,4-5,12H2,(H,19,22)(H,20,21). The molecule has 0 bridgehead atoms. The number of furan rings is 1. The summed E-state index contributed by atoms with van der Waals surface area (Å²) in [5.41, 5.74) is 0.725. The highest BCUT2D eigenvalue weighted by Crippen LogP contribution is 2.34. The van der Waals surface area contributed by atoms with E-state index in [1.54, 1.807) is 12.1 Å². The number of hydrogen-bond donors (Lipinski definition) is 2. The fourth-order valence-electron chi connectivity index (χ4n) is 2.68. The molecule has 24 heavy (non-hydrogen) atoms. The van der Waals surface area contributed by atoms with Crippen molar-refractivity contribution in [2.45, 2.75) is 35.8 Å². The lowest BCUT2D eigenvalue weighted by atomic mass is 10.3. The summed E-state index contributed by atoms with van der Waals surface area (Å²) in [5, 5.41) is 6.01. The van der Waals surface area contributed by atoms with Gasteiger partial charge in [0.05, 0.1) is 12.8 Å². The van der Waals surface area contributed by atoms with E-state index in [0.29, 0.717) is 0 Å². The Labute approximate surface area is 145 Å². The van der Waals surface area contributed by atoms with E-state index in [2.05, 4.69) is 10.6 Å². The van der Waals surface area contributed by atoms with Crippen molar-refractivity contribution in [2.75, 3.05) is 11.9 Å². The molecule has 1 aliphatic carbocycles. The van der Waals surface area contributed by atoms with Crippen molar-refractivity contribution in [3.05, 3.63) is 48.4 Å². The van der Waals surface area contributed by atoms with Gasteiger partial charge in [-0.1, -0.05) is 12.8 Å². The van der Waals surface area contributed by atoms with E-state index in [9.17, 15) is 9.59 Å². The quantitative estimate of drug-likeness (QED) is 0.838. The lowest BCUT2D eigenvalue weighted by molar-refractivity contribution is -0.115. The Kier molecular flexibility index (Phi) is 5.59. The van der Waals surface area contributed by atoms with Gasteiger partial charge in [-0.15, -0.1) is 11.8 Å². The predicted molar refractivity (Wildman–Crippen MR) is 94.2 cm³/mol. The topological polar surface area (TPSA) is 71.3 Å². The van der Waals surface area contributed by atoms with Gasteiger partial charge in [0.1, 0.15) is 0 Å². The molecule has 0 unspecified atom stereocenters. The maximum absolute atomic E-state index is 11.9. The Balaban J connectivity index is 1.44. The Hall–Kier alpha value is -2.21. The van der Waals surface area contributed by atoms with Crippen molar-refractivity contribution in [1.29, 1.82) is 0 Å². The van der Waals surface area contributed by atoms with E-state index in [1.165, 1.54) is 36.8 Å². The summed E-state index contributed by atoms with van der Waals surface area (Å²) in [6.45, 7) is -0.0991. The van der Waals surface area contributed by atoms with Crippen LogP contribution in [0.3, 0.4) is 0 Å². The second-order valence-corrected chi connectivity index (χ2v) is 7.13. The van der Waals surface area contributed by atoms with Crippen molar-refractivity contribution in [3.63, 3.8) is 0 Å². The molecule has 0 aliphatic heterocycles. The zero-order valence-corrected chi connectivity index (χ0v) is 14.1. The van der Waals surface area contributed by atoms with Crippen LogP contribution in [0.15, 0.2) is 52.0 Å². The summed E-state index contributed by atoms with van der Waals surface area (Å²) in [4.78, 5) is 24.8. The number of carbonyl (C=O) groups excluding carboxylic acids is 2. The van der Waals surface area contributed by atoms with Gasteiger partial charge < -0.3 is 15.1 Å². The maximum Gasteiger partial charge on any atom is 0.287 e. The van der Waals surface area contributed by atoms with Gasteiger partial charge in [0.25, 0.3) is 5.91 Å². The smallest absolute Gasteiger partial charge is 0.287 e. The molecule has 6 heteroatoms. The summed E-state index contributed by atoms with van der Waals surface area (Å²) in [5.74, 6) is -0.486. The first kappa shape index (κ1) is 16.6. The maximum atomic E-state index is 11.9. The average Bonchev–Trinajstić information content (AvgIpc) is 3.28. The van der Waals surface area contributed by atoms with Crippen LogP contribution in [0, 0.1) is 0 Å². The molecule has 0 atom stereocenters. The van der Waals surface area contributed by atoms with E-state index in [4.69, 9.17) is 4.42 Å². The predicted octanol–water partition coefficient (Wildman–Crippen LogP) is 3.68. The summed E-state index contributed by atoms with van der Waals surface area (Å²) in [6.07, 6.45) is 6.65. The molecule has 1 aromatic heterocycles. The number of amides is 2. The van der Waals surface area contributed by atoms with Gasteiger partial charge in [-0.3, -0.25) is 9.59 Å². The minimum Gasteiger partial charge on any atom is -0.459 e. The van der Waals surface area contributed by atoms with Gasteiger partial charge in [0.2, 0.25) is 5.91 Å². The number of nitrogens with one attached hydrogen (secondary N) is 2. The van der Waals surface area contributed by atoms with Crippen LogP contribution in [0.5, 0.6) is 0 Å². The van der Waals surface area contributed by atoms with E-state index in [0.717, 1.165) is 10.9 Å². The molecule has 2 amide bonds. The minimum absolute atomic E-state index is 0.0991. The fraction of sp³-hybridized carbons (Fsp3) is 0.333. The second kappa shape index (κ2) is 8.06. The number of benzene rings is 1. The van der Waals surface area contributed by atoms with Crippen LogP contribution >= 0.6 is 11.8 Å². The fourth-order valence-corrected chi connectivity index (χ4v) is 3.92. The number of hydrogen-bond acceptors (Lipinski definition) is 4. The molecule has 1 heterocycles. The van der Waals surface area contributed by atoms with Crippen LogP contribution < -0.4 is 10.6 Å². The van der Waals surface area contributed by atoms with Crippen LogP contribution in [-0.4, -0.2) is 23.6 Å². The van der Waals surface area contributed by atoms with E-state index in [1.807, 2.05) is 36.0 Å². The number of rotatable bonds is 6. The van der Waals surface area contributed by atoms with Crippen molar-refractivity contribution in [2.24, 2.45) is 0 Å². The van der Waals surface area contributed by atoms with Gasteiger partial charge in [-0.05, 0) is 49.2 Å². The van der Waals surface area contributed by atoms with Gasteiger partial charge in [0.15, 0.2) is 5.76 Å². The normalized spacial score (nSPS) is 14.5. The lowest BCUT2D eigenvalue weighted by Gasteiger charge is -2.10. The van der Waals surface area contributed by atoms with Gasteiger partial charge in [-0.25, -0.2) is 0 Å². The molecule has 0 spiro atoms. The molecule has 5 nitrogen and oxygen atoms in total. The first-order chi connectivity index (χ1) is 11.7. The van der Waals surface area contributed by atoms with Crippen LogP contribution in [0.1, 0.15) is 36.2 Å². The van der Waals surface area contributed by atoms with Crippen molar-refractivity contribution in [3.8, 4) is 0 Å². The lowest BCUT2D eigenvalue weighted by Crippen LogP contribution is -2.32. The molecule has 0 saturated heterocycles. The Morgan fingerprint density at radius 3 is 2.54 bits per heavy atom. The highest BCUT2D eigenvalue weighted by atomic mass is 32.2. The summed E-state index contributed by atoms with van der Waals surface area (Å²) in [6, 6.07) is 11.0. The molecule has 2 N–H and O–H groups in total. The Morgan fingerprint density at radius 2 is 1.88 bits per heavy atom. The third-order valence-electron chi connectivity index (χ3n) is 3.90. The second-order valence-electron chi connectivity index (χ2n) is 5.76. The van der Waals surface area contributed by atoms with E-state index < -0.39 is 5.91 Å². The van der Waals surface area contributed by atoms with Gasteiger partial charge in [0, 0.05) is 15.8 Å². The molecule has 3 rings (SSSR count). The average molecular weight is 344 g/mol. The minimum atomic E-state index is -0.404. The molecule has 0 radical (unpaired) electrons. The van der Waals surface area contributed by atoms with Crippen LogP contribution in [-0.2, 0) is 4.79 Å². The monoisotopic (exact) mass is 344 g/mol. The van der Waals surface area contributed by atoms with Crippen molar-refractivity contribution < 1.29 is 14.0 Å². The molecule has 1 aromatic carbocycles. The van der Waals surface area contributed by atoms with Crippen molar-refractivity contribution >= 4 is 29.3 Å². The van der Waals surface area contributed by atoms with E-state index >= 15 is 0 Å². The SMILES string of the molecule is O=C(CNC(=O)c1ccco1)Nc1ccc(SC2CCCC2)cc1.